The molecule has 10 heteroatoms. The predicted molar refractivity (Wildman–Crippen MR) is 106 cm³/mol. The fourth-order valence-electron chi connectivity index (χ4n) is 3.49. The van der Waals surface area contributed by atoms with Gasteiger partial charge in [0.25, 0.3) is 0 Å². The number of benzene rings is 1. The van der Waals surface area contributed by atoms with Gasteiger partial charge >= 0.3 is 5.97 Å². The van der Waals surface area contributed by atoms with E-state index in [9.17, 15) is 29.7 Å². The number of fused-ring (bicyclic) bond motifs is 1. The molecule has 2 amide bonds. The lowest BCUT2D eigenvalue weighted by Gasteiger charge is -2.33. The standard InChI is InChI=1S/C20H29N3O7/c1-9(2)6-12(23-15(25)8-11(21)17(26)18(27)19(22)28)14-7-10-4-3-5-13(24)16(10)20(29)30-14/h3-5,9,11-12,14,17-18,24,26-27H,6-8,21H2,1-2H3,(H2,22,28)(H,23,25). The predicted octanol–water partition coefficient (Wildman–Crippen LogP) is -1.07. The van der Waals surface area contributed by atoms with Crippen LogP contribution in [0.4, 0.5) is 0 Å². The summed E-state index contributed by atoms with van der Waals surface area (Å²) >= 11 is 0. The van der Waals surface area contributed by atoms with Crippen LogP contribution in [-0.2, 0) is 20.7 Å². The highest BCUT2D eigenvalue weighted by atomic mass is 16.5. The van der Waals surface area contributed by atoms with Gasteiger partial charge in [-0.2, -0.15) is 0 Å². The molecule has 0 aliphatic carbocycles. The minimum atomic E-state index is -1.89. The molecule has 2 rings (SSSR count). The number of primary amides is 1. The van der Waals surface area contributed by atoms with Crippen LogP contribution in [0.3, 0.4) is 0 Å². The van der Waals surface area contributed by atoms with E-state index in [4.69, 9.17) is 16.2 Å². The number of amides is 2. The number of aliphatic hydroxyl groups is 2. The van der Waals surface area contributed by atoms with Crippen LogP contribution in [0, 0.1) is 5.92 Å². The summed E-state index contributed by atoms with van der Waals surface area (Å²) in [7, 11) is 0. The van der Waals surface area contributed by atoms with Crippen molar-refractivity contribution in [1.29, 1.82) is 0 Å². The van der Waals surface area contributed by atoms with Crippen molar-refractivity contribution in [3.05, 3.63) is 29.3 Å². The molecule has 0 spiro atoms. The molecule has 0 aromatic heterocycles. The number of carbonyl (C=O) groups excluding carboxylic acids is 3. The number of nitrogens with two attached hydrogens (primary N) is 2. The van der Waals surface area contributed by atoms with Gasteiger partial charge in [0, 0.05) is 18.9 Å². The molecule has 0 radical (unpaired) electrons. The van der Waals surface area contributed by atoms with Crippen LogP contribution >= 0.6 is 0 Å². The Labute approximate surface area is 174 Å². The maximum atomic E-state index is 12.5. The minimum absolute atomic E-state index is 0.119. The summed E-state index contributed by atoms with van der Waals surface area (Å²) in [6.45, 7) is 3.89. The zero-order chi connectivity index (χ0) is 22.6. The average molecular weight is 423 g/mol. The minimum Gasteiger partial charge on any atom is -0.507 e. The van der Waals surface area contributed by atoms with Gasteiger partial charge in [-0.1, -0.05) is 26.0 Å². The molecule has 30 heavy (non-hydrogen) atoms. The molecule has 166 valence electrons. The Kier molecular flexibility index (Phi) is 7.77. The first kappa shape index (κ1) is 23.6. The van der Waals surface area contributed by atoms with Gasteiger partial charge in [0.05, 0.1) is 6.04 Å². The summed E-state index contributed by atoms with van der Waals surface area (Å²) in [4.78, 5) is 35.8. The zero-order valence-corrected chi connectivity index (χ0v) is 16.9. The highest BCUT2D eigenvalue weighted by molar-refractivity contribution is 5.95. The molecule has 0 saturated carbocycles. The number of ether oxygens (including phenoxy) is 1. The normalized spacial score (nSPS) is 19.9. The van der Waals surface area contributed by atoms with E-state index in [1.807, 2.05) is 13.8 Å². The summed E-state index contributed by atoms with van der Waals surface area (Å²) in [5.41, 5.74) is 11.4. The third kappa shape index (κ3) is 5.68. The molecule has 5 unspecified atom stereocenters. The molecule has 0 saturated heterocycles. The molecular weight excluding hydrogens is 394 g/mol. The zero-order valence-electron chi connectivity index (χ0n) is 16.9. The Morgan fingerprint density at radius 2 is 1.97 bits per heavy atom. The largest absolute Gasteiger partial charge is 0.507 e. The number of phenols is 1. The SMILES string of the molecule is CC(C)CC(NC(=O)CC(N)C(O)C(O)C(N)=O)C1Cc2cccc(O)c2C(=O)O1. The van der Waals surface area contributed by atoms with Crippen LogP contribution < -0.4 is 16.8 Å². The van der Waals surface area contributed by atoms with Crippen molar-refractivity contribution in [3.63, 3.8) is 0 Å². The van der Waals surface area contributed by atoms with Crippen LogP contribution in [0.15, 0.2) is 18.2 Å². The van der Waals surface area contributed by atoms with Gasteiger partial charge in [-0.15, -0.1) is 0 Å². The van der Waals surface area contributed by atoms with Crippen LogP contribution in [0.25, 0.3) is 0 Å². The van der Waals surface area contributed by atoms with E-state index in [1.54, 1.807) is 12.1 Å². The molecule has 1 aromatic rings. The first-order chi connectivity index (χ1) is 14.0. The first-order valence-corrected chi connectivity index (χ1v) is 9.73. The Hall–Kier alpha value is -2.69. The van der Waals surface area contributed by atoms with Crippen molar-refractivity contribution in [2.45, 2.75) is 63.5 Å². The maximum absolute atomic E-state index is 12.5. The van der Waals surface area contributed by atoms with Gasteiger partial charge in [-0.3, -0.25) is 9.59 Å². The quantitative estimate of drug-likeness (QED) is 0.271. The van der Waals surface area contributed by atoms with Gasteiger partial charge in [-0.25, -0.2) is 4.79 Å². The summed E-state index contributed by atoms with van der Waals surface area (Å²) in [5.74, 6) is -2.35. The molecule has 1 heterocycles. The first-order valence-electron chi connectivity index (χ1n) is 9.73. The molecule has 1 aromatic carbocycles. The molecule has 0 bridgehead atoms. The van der Waals surface area contributed by atoms with E-state index in [-0.39, 0.29) is 23.7 Å². The smallest absolute Gasteiger partial charge is 0.342 e. The van der Waals surface area contributed by atoms with Gasteiger partial charge in [-0.05, 0) is 24.0 Å². The van der Waals surface area contributed by atoms with Gasteiger partial charge in [0.2, 0.25) is 11.8 Å². The molecule has 1 aliphatic heterocycles. The molecule has 0 fully saturated rings. The van der Waals surface area contributed by atoms with Crippen molar-refractivity contribution in [2.75, 3.05) is 0 Å². The third-order valence-electron chi connectivity index (χ3n) is 5.01. The van der Waals surface area contributed by atoms with Crippen molar-refractivity contribution in [2.24, 2.45) is 17.4 Å². The van der Waals surface area contributed by atoms with Gasteiger partial charge in [0.1, 0.15) is 23.5 Å². The van der Waals surface area contributed by atoms with Crippen molar-refractivity contribution in [1.82, 2.24) is 5.32 Å². The van der Waals surface area contributed by atoms with E-state index >= 15 is 0 Å². The van der Waals surface area contributed by atoms with E-state index in [1.165, 1.54) is 6.07 Å². The van der Waals surface area contributed by atoms with Gasteiger partial charge in [0.15, 0.2) is 6.10 Å². The topological polar surface area (TPSA) is 185 Å². The van der Waals surface area contributed by atoms with Crippen LogP contribution in [0.5, 0.6) is 5.75 Å². The number of aromatic hydroxyl groups is 1. The Morgan fingerprint density at radius 1 is 1.30 bits per heavy atom. The second-order valence-electron chi connectivity index (χ2n) is 7.97. The summed E-state index contributed by atoms with van der Waals surface area (Å²) < 4.78 is 5.48. The van der Waals surface area contributed by atoms with E-state index < -0.39 is 48.2 Å². The molecular formula is C20H29N3O7. The fourth-order valence-corrected chi connectivity index (χ4v) is 3.49. The maximum Gasteiger partial charge on any atom is 0.342 e. The number of hydrogen-bond acceptors (Lipinski definition) is 8. The van der Waals surface area contributed by atoms with E-state index in [0.29, 0.717) is 18.4 Å². The summed E-state index contributed by atoms with van der Waals surface area (Å²) in [6.07, 6.45) is -3.81. The lowest BCUT2D eigenvalue weighted by molar-refractivity contribution is -0.134. The van der Waals surface area contributed by atoms with Gasteiger partial charge < -0.3 is 36.8 Å². The molecule has 1 aliphatic rings. The Balaban J connectivity index is 2.10. The van der Waals surface area contributed by atoms with Crippen molar-refractivity contribution >= 4 is 17.8 Å². The van der Waals surface area contributed by atoms with E-state index in [2.05, 4.69) is 5.32 Å². The Morgan fingerprint density at radius 3 is 2.57 bits per heavy atom. The lowest BCUT2D eigenvalue weighted by atomic mass is 9.90. The number of cyclic esters (lactones) is 1. The van der Waals surface area contributed by atoms with Crippen molar-refractivity contribution < 1.29 is 34.4 Å². The average Bonchev–Trinajstić information content (AvgIpc) is 2.65. The summed E-state index contributed by atoms with van der Waals surface area (Å²) in [5, 5.41) is 32.1. The Bertz CT molecular complexity index is 799. The summed E-state index contributed by atoms with van der Waals surface area (Å²) in [6, 6.07) is 2.99. The molecule has 5 atom stereocenters. The highest BCUT2D eigenvalue weighted by Gasteiger charge is 2.36. The number of aliphatic hydroxyl groups excluding tert-OH is 2. The second-order valence-corrected chi connectivity index (χ2v) is 7.97. The number of phenolic OH excluding ortho intramolecular Hbond substituents is 1. The van der Waals surface area contributed by atoms with Crippen LogP contribution in [0.1, 0.15) is 42.6 Å². The third-order valence-corrected chi connectivity index (χ3v) is 5.01. The number of esters is 1. The second kappa shape index (κ2) is 9.88. The monoisotopic (exact) mass is 423 g/mol. The van der Waals surface area contributed by atoms with Crippen LogP contribution in [0.2, 0.25) is 0 Å². The van der Waals surface area contributed by atoms with E-state index in [0.717, 1.165) is 0 Å². The number of carbonyl (C=O) groups is 3. The lowest BCUT2D eigenvalue weighted by Crippen LogP contribution is -2.53. The van der Waals surface area contributed by atoms with Crippen molar-refractivity contribution in [3.8, 4) is 5.75 Å². The highest BCUT2D eigenvalue weighted by Crippen LogP contribution is 2.30. The number of rotatable bonds is 9. The molecule has 10 nitrogen and oxygen atoms in total. The molecule has 8 N–H and O–H groups in total. The number of nitrogens with one attached hydrogen (secondary N) is 1. The van der Waals surface area contributed by atoms with Crippen LogP contribution in [-0.4, -0.2) is 63.5 Å². The fraction of sp³-hybridized carbons (Fsp3) is 0.550. The number of hydrogen-bond donors (Lipinski definition) is 6.